The Morgan fingerprint density at radius 1 is 0.681 bits per heavy atom. The van der Waals surface area contributed by atoms with Gasteiger partial charge in [-0.15, -0.1) is 35.3 Å². The molecule has 7 aromatic rings. The van der Waals surface area contributed by atoms with Crippen LogP contribution >= 0.6 is 7.26 Å². The molecule has 7 rings (SSSR count). The Bertz CT molecular complexity index is 2110. The Kier molecular flexibility index (Phi) is 9.26. The molecule has 0 atom stereocenters. The normalized spacial score (nSPS) is 12.0. The van der Waals surface area contributed by atoms with Gasteiger partial charge >= 0.3 is 0 Å². The quantitative estimate of drug-likeness (QED) is 0.119. The number of benzene rings is 5. The topological polar surface area (TPSA) is 27.1 Å². The van der Waals surface area contributed by atoms with Crippen molar-refractivity contribution in [2.45, 2.75) is 40.0 Å². The summed E-state index contributed by atoms with van der Waals surface area (Å²) >= 11 is 0. The average molecular weight is 812 g/mol. The van der Waals surface area contributed by atoms with Gasteiger partial charge in [0, 0.05) is 44.3 Å². The van der Waals surface area contributed by atoms with Crippen LogP contribution in [0.5, 0.6) is 11.5 Å². The molecule has 0 saturated heterocycles. The second-order valence-electron chi connectivity index (χ2n) is 12.9. The number of fused-ring (bicyclic) bond motifs is 3. The molecule has 0 aliphatic carbocycles. The van der Waals surface area contributed by atoms with Crippen LogP contribution in [0.4, 0.5) is 0 Å². The molecule has 47 heavy (non-hydrogen) atoms. The average Bonchev–Trinajstić information content (AvgIpc) is 3.39. The minimum atomic E-state index is -2.12. The summed E-state index contributed by atoms with van der Waals surface area (Å²) in [6.07, 6.45) is 1.90. The number of nitrogens with zero attached hydrogens (tertiary/aromatic N) is 2. The van der Waals surface area contributed by atoms with E-state index in [0.29, 0.717) is 11.5 Å². The van der Waals surface area contributed by atoms with Crippen LogP contribution in [0, 0.1) is 17.8 Å². The van der Waals surface area contributed by atoms with Gasteiger partial charge in [-0.3, -0.25) is 0 Å². The number of aromatic nitrogens is 2. The van der Waals surface area contributed by atoms with Crippen LogP contribution in [0.2, 0.25) is 0 Å². The van der Waals surface area contributed by atoms with Gasteiger partial charge in [-0.2, -0.15) is 26.0 Å². The van der Waals surface area contributed by atoms with Crippen molar-refractivity contribution in [3.63, 3.8) is 0 Å². The van der Waals surface area contributed by atoms with E-state index in [2.05, 4.69) is 167 Å². The standard InChI is InChI=1S/C42H37N2OP.Pt/c1-30(2)46(34-16-8-6-9-17-34,35-18-10-7-11-19-35)36-20-14-15-32(28-36)45-33-23-24-38-37-21-12-13-22-39(37)44(40(38)29-33)41-27-31(25-26-43-41)42(3,4)5;/h6-27H,1-5H3;/q-2;. The van der Waals surface area contributed by atoms with Crippen molar-refractivity contribution in [3.8, 4) is 17.3 Å². The van der Waals surface area contributed by atoms with Crippen molar-refractivity contribution >= 4 is 45.0 Å². The molecule has 0 unspecified atom stereocenters. The van der Waals surface area contributed by atoms with Gasteiger partial charge in [-0.1, -0.05) is 87.0 Å². The number of ether oxygens (including phenoxy) is 1. The van der Waals surface area contributed by atoms with Crippen LogP contribution < -0.4 is 20.7 Å². The molecule has 0 fully saturated rings. The van der Waals surface area contributed by atoms with E-state index in [1.165, 1.54) is 21.8 Å². The number of para-hydroxylation sites is 1. The predicted octanol–water partition coefficient (Wildman–Crippen LogP) is 9.73. The second kappa shape index (κ2) is 13.2. The van der Waals surface area contributed by atoms with Gasteiger partial charge in [-0.25, -0.2) is 4.98 Å². The van der Waals surface area contributed by atoms with E-state index in [9.17, 15) is 0 Å². The van der Waals surface area contributed by atoms with Gasteiger partial charge in [-0.05, 0) is 71.4 Å². The molecule has 2 aromatic heterocycles. The molecule has 2 heterocycles. The maximum atomic E-state index is 6.60. The summed E-state index contributed by atoms with van der Waals surface area (Å²) in [7, 11) is -2.12. The Morgan fingerprint density at radius 3 is 1.98 bits per heavy atom. The first-order valence-corrected chi connectivity index (χ1v) is 17.5. The molecule has 0 bridgehead atoms. The van der Waals surface area contributed by atoms with Crippen molar-refractivity contribution in [2.75, 3.05) is 0 Å². The van der Waals surface area contributed by atoms with Gasteiger partial charge in [0.05, 0.1) is 10.6 Å². The minimum Gasteiger partial charge on any atom is -0.509 e. The minimum absolute atomic E-state index is 0. The van der Waals surface area contributed by atoms with Crippen molar-refractivity contribution in [3.05, 3.63) is 157 Å². The molecule has 0 aliphatic heterocycles. The Hall–Kier alpha value is -4.03. The molecule has 0 amide bonds. The van der Waals surface area contributed by atoms with Crippen LogP contribution in [0.1, 0.15) is 40.2 Å². The molecular formula is C42H37N2OPPt-2. The van der Waals surface area contributed by atoms with Crippen LogP contribution in [0.25, 0.3) is 27.6 Å². The maximum Gasteiger partial charge on any atom is 0.135 e. The molecule has 5 aromatic carbocycles. The molecule has 0 spiro atoms. The molecule has 0 radical (unpaired) electrons. The zero-order valence-electron chi connectivity index (χ0n) is 27.3. The van der Waals surface area contributed by atoms with Gasteiger partial charge in [0.2, 0.25) is 0 Å². The fourth-order valence-electron chi connectivity index (χ4n) is 6.48. The summed E-state index contributed by atoms with van der Waals surface area (Å²) in [4.78, 5) is 4.82. The fourth-order valence-corrected chi connectivity index (χ4v) is 10.7. The maximum absolute atomic E-state index is 6.60. The van der Waals surface area contributed by atoms with E-state index in [1.807, 2.05) is 18.3 Å². The molecule has 0 aliphatic rings. The number of pyridine rings is 1. The monoisotopic (exact) mass is 811 g/mol. The van der Waals surface area contributed by atoms with Gasteiger partial charge < -0.3 is 9.30 Å². The summed E-state index contributed by atoms with van der Waals surface area (Å²) in [6, 6.07) is 52.2. The molecule has 3 nitrogen and oxygen atoms in total. The summed E-state index contributed by atoms with van der Waals surface area (Å²) < 4.78 is 8.80. The molecule has 5 heteroatoms. The molecule has 0 N–H and O–H groups in total. The van der Waals surface area contributed by atoms with Gasteiger partial charge in [0.15, 0.2) is 0 Å². The fraction of sp³-hybridized carbons (Fsp3) is 0.143. The van der Waals surface area contributed by atoms with E-state index < -0.39 is 7.26 Å². The van der Waals surface area contributed by atoms with E-state index in [1.54, 1.807) is 0 Å². The van der Waals surface area contributed by atoms with Crippen LogP contribution in [-0.4, -0.2) is 9.55 Å². The van der Waals surface area contributed by atoms with Crippen LogP contribution in [-0.2, 0) is 26.5 Å². The predicted molar refractivity (Wildman–Crippen MR) is 195 cm³/mol. The van der Waals surface area contributed by atoms with Crippen molar-refractivity contribution in [2.24, 2.45) is 0 Å². The summed E-state index contributed by atoms with van der Waals surface area (Å²) in [5.74, 6) is 2.17. The third-order valence-electron chi connectivity index (χ3n) is 8.69. The Balaban J connectivity index is 0.00000386. The van der Waals surface area contributed by atoms with Gasteiger partial charge in [0.1, 0.15) is 5.82 Å². The number of hydrogen-bond acceptors (Lipinski definition) is 2. The zero-order chi connectivity index (χ0) is 31.9. The van der Waals surface area contributed by atoms with Crippen LogP contribution in [0.15, 0.2) is 134 Å². The first kappa shape index (κ1) is 32.9. The first-order chi connectivity index (χ1) is 22.3. The van der Waals surface area contributed by atoms with Crippen LogP contribution in [0.3, 0.4) is 0 Å². The van der Waals surface area contributed by atoms with E-state index in [-0.39, 0.29) is 26.5 Å². The van der Waals surface area contributed by atoms with E-state index >= 15 is 0 Å². The van der Waals surface area contributed by atoms with E-state index in [0.717, 1.165) is 32.9 Å². The second-order valence-corrected chi connectivity index (χ2v) is 16.6. The third kappa shape index (κ3) is 5.97. The summed E-state index contributed by atoms with van der Waals surface area (Å²) in [5.41, 5.74) is 4.62. The van der Waals surface area contributed by atoms with Crippen molar-refractivity contribution in [1.82, 2.24) is 9.55 Å². The molecular weight excluding hydrogens is 775 g/mol. The van der Waals surface area contributed by atoms with Crippen molar-refractivity contribution < 1.29 is 25.8 Å². The summed E-state index contributed by atoms with van der Waals surface area (Å²) in [6.45, 7) is 11.2. The molecule has 238 valence electrons. The SMILES string of the molecule is C[C-](C)[P+](c1[c-]c(Oc2[c-]c3c(cc2)c2ccccc2n3-c2cc(C(C)(C)C)ccn2)ccc1)(c1ccccc1)c1ccccc1.[Pt]. The Morgan fingerprint density at radius 2 is 1.32 bits per heavy atom. The number of hydrogen-bond donors (Lipinski definition) is 0. The Labute approximate surface area is 293 Å². The third-order valence-corrected chi connectivity index (χ3v) is 13.2. The van der Waals surface area contributed by atoms with E-state index in [4.69, 9.17) is 9.72 Å². The largest absolute Gasteiger partial charge is 0.509 e. The number of rotatable bonds is 7. The van der Waals surface area contributed by atoms with Gasteiger partial charge in [0.25, 0.3) is 0 Å². The van der Waals surface area contributed by atoms with Crippen molar-refractivity contribution in [1.29, 1.82) is 0 Å². The zero-order valence-corrected chi connectivity index (χ0v) is 30.4. The first-order valence-electron chi connectivity index (χ1n) is 15.7. The summed E-state index contributed by atoms with van der Waals surface area (Å²) in [5, 5.41) is 6.01. The molecule has 0 saturated carbocycles. The smallest absolute Gasteiger partial charge is 0.135 e.